The van der Waals surface area contributed by atoms with E-state index in [9.17, 15) is 4.79 Å². The van der Waals surface area contributed by atoms with Gasteiger partial charge in [-0.3, -0.25) is 4.79 Å². The average Bonchev–Trinajstić information content (AvgIpc) is 2.81. The lowest BCUT2D eigenvalue weighted by molar-refractivity contribution is 0.101. The first-order chi connectivity index (χ1) is 9.24. The van der Waals surface area contributed by atoms with Crippen LogP contribution in [0.1, 0.15) is 17.3 Å². The smallest absolute Gasteiger partial charge is 0.160 e. The highest BCUT2D eigenvalue weighted by atomic mass is 32.2. The minimum atomic E-state index is 0.0872. The summed E-state index contributed by atoms with van der Waals surface area (Å²) in [6.45, 7) is 1.59. The maximum atomic E-state index is 11.6. The number of hydrogen-bond acceptors (Lipinski definition) is 4. The molecular weight excluding hydrogens is 274 g/mol. The van der Waals surface area contributed by atoms with Gasteiger partial charge in [-0.25, -0.2) is 4.98 Å². The molecule has 3 aromatic rings. The van der Waals surface area contributed by atoms with Crippen molar-refractivity contribution in [2.24, 2.45) is 0 Å². The highest BCUT2D eigenvalue weighted by Gasteiger charge is 2.10. The number of para-hydroxylation sites is 1. The van der Waals surface area contributed by atoms with E-state index in [-0.39, 0.29) is 5.78 Å². The highest BCUT2D eigenvalue weighted by Crippen LogP contribution is 2.35. The Balaban J connectivity index is 1.99. The molecule has 94 valence electrons. The van der Waals surface area contributed by atoms with E-state index in [4.69, 9.17) is 0 Å². The van der Waals surface area contributed by atoms with Gasteiger partial charge in [-0.15, -0.1) is 11.3 Å². The van der Waals surface area contributed by atoms with Crippen molar-refractivity contribution in [1.29, 1.82) is 0 Å². The van der Waals surface area contributed by atoms with Crippen molar-refractivity contribution in [2.45, 2.75) is 16.2 Å². The maximum Gasteiger partial charge on any atom is 0.160 e. The average molecular weight is 285 g/mol. The van der Waals surface area contributed by atoms with Crippen LogP contribution in [0.3, 0.4) is 0 Å². The van der Waals surface area contributed by atoms with Crippen molar-refractivity contribution in [2.75, 3.05) is 0 Å². The summed E-state index contributed by atoms with van der Waals surface area (Å²) in [6, 6.07) is 15.7. The van der Waals surface area contributed by atoms with Crippen molar-refractivity contribution in [3.05, 3.63) is 54.1 Å². The molecule has 0 aliphatic carbocycles. The van der Waals surface area contributed by atoms with Gasteiger partial charge in [-0.1, -0.05) is 42.1 Å². The first kappa shape index (κ1) is 12.4. The van der Waals surface area contributed by atoms with E-state index in [1.54, 1.807) is 30.0 Å². The van der Waals surface area contributed by atoms with E-state index < -0.39 is 0 Å². The standard InChI is InChI=1S/C15H11NOS2/c1-10(17)11-6-2-4-8-13(11)18-15-16-12-7-3-5-9-14(12)19-15/h2-9H,1H3. The number of carbonyl (C=O) groups excluding carboxylic acids is 1. The van der Waals surface area contributed by atoms with Crippen LogP contribution in [0.5, 0.6) is 0 Å². The monoisotopic (exact) mass is 285 g/mol. The zero-order chi connectivity index (χ0) is 13.2. The van der Waals surface area contributed by atoms with Gasteiger partial charge in [-0.05, 0) is 25.1 Å². The molecule has 0 bridgehead atoms. The summed E-state index contributed by atoms with van der Waals surface area (Å²) in [5, 5.41) is 0. The van der Waals surface area contributed by atoms with Crippen LogP contribution in [0.2, 0.25) is 0 Å². The molecule has 0 N–H and O–H groups in total. The second-order valence-electron chi connectivity index (χ2n) is 4.10. The van der Waals surface area contributed by atoms with Crippen molar-refractivity contribution in [1.82, 2.24) is 4.98 Å². The second-order valence-corrected chi connectivity index (χ2v) is 6.42. The summed E-state index contributed by atoms with van der Waals surface area (Å²) in [7, 11) is 0. The van der Waals surface area contributed by atoms with Gasteiger partial charge < -0.3 is 0 Å². The van der Waals surface area contributed by atoms with Gasteiger partial charge in [0.25, 0.3) is 0 Å². The van der Waals surface area contributed by atoms with Crippen molar-refractivity contribution < 1.29 is 4.79 Å². The van der Waals surface area contributed by atoms with Crippen molar-refractivity contribution >= 4 is 39.1 Å². The third kappa shape index (κ3) is 2.55. The molecule has 0 radical (unpaired) electrons. The summed E-state index contributed by atoms with van der Waals surface area (Å²) < 4.78 is 2.14. The molecule has 1 aromatic heterocycles. The summed E-state index contributed by atoms with van der Waals surface area (Å²) in [5.41, 5.74) is 1.77. The van der Waals surface area contributed by atoms with Gasteiger partial charge >= 0.3 is 0 Å². The Bertz CT molecular complexity index is 715. The summed E-state index contributed by atoms with van der Waals surface area (Å²) in [4.78, 5) is 17.1. The van der Waals surface area contributed by atoms with E-state index in [1.165, 1.54) is 4.70 Å². The largest absolute Gasteiger partial charge is 0.294 e. The maximum absolute atomic E-state index is 11.6. The Hall–Kier alpha value is -1.65. The number of fused-ring (bicyclic) bond motifs is 1. The molecule has 3 rings (SSSR count). The molecule has 1 heterocycles. The zero-order valence-corrected chi connectivity index (χ0v) is 11.9. The normalized spacial score (nSPS) is 10.8. The SMILES string of the molecule is CC(=O)c1ccccc1Sc1nc2ccccc2s1. The van der Waals surface area contributed by atoms with E-state index in [2.05, 4.69) is 11.1 Å². The molecule has 0 unspecified atom stereocenters. The lowest BCUT2D eigenvalue weighted by Gasteiger charge is -2.03. The summed E-state index contributed by atoms with van der Waals surface area (Å²) in [6.07, 6.45) is 0. The Morgan fingerprint density at radius 1 is 1.11 bits per heavy atom. The minimum Gasteiger partial charge on any atom is -0.294 e. The molecule has 0 aliphatic rings. The van der Waals surface area contributed by atoms with E-state index >= 15 is 0 Å². The van der Waals surface area contributed by atoms with Crippen molar-refractivity contribution in [3.8, 4) is 0 Å². The predicted molar refractivity (Wildman–Crippen MR) is 80.2 cm³/mol. The van der Waals surface area contributed by atoms with Gasteiger partial charge in [0.2, 0.25) is 0 Å². The molecule has 4 heteroatoms. The third-order valence-corrected chi connectivity index (χ3v) is 4.91. The Morgan fingerprint density at radius 3 is 2.63 bits per heavy atom. The minimum absolute atomic E-state index is 0.0872. The van der Waals surface area contributed by atoms with Gasteiger partial charge in [0.1, 0.15) is 0 Å². The van der Waals surface area contributed by atoms with Gasteiger partial charge in [0.05, 0.1) is 10.2 Å². The number of Topliss-reactive ketones (excluding diaryl/α,β-unsaturated/α-hetero) is 1. The summed E-state index contributed by atoms with van der Waals surface area (Å²) >= 11 is 3.21. The molecule has 0 aliphatic heterocycles. The number of aromatic nitrogens is 1. The number of thiazole rings is 1. The summed E-state index contributed by atoms with van der Waals surface area (Å²) in [5.74, 6) is 0.0872. The Morgan fingerprint density at radius 2 is 1.84 bits per heavy atom. The molecule has 0 saturated carbocycles. The lowest BCUT2D eigenvalue weighted by atomic mass is 10.1. The van der Waals surface area contributed by atoms with Crippen LogP contribution in [0, 0.1) is 0 Å². The molecule has 2 aromatic carbocycles. The lowest BCUT2D eigenvalue weighted by Crippen LogP contribution is -1.93. The van der Waals surface area contributed by atoms with Crippen LogP contribution in [0.25, 0.3) is 10.2 Å². The van der Waals surface area contributed by atoms with Crippen molar-refractivity contribution in [3.63, 3.8) is 0 Å². The van der Waals surface area contributed by atoms with Crippen LogP contribution in [-0.2, 0) is 0 Å². The number of ketones is 1. The molecule has 2 nitrogen and oxygen atoms in total. The topological polar surface area (TPSA) is 30.0 Å². The van der Waals surface area contributed by atoms with Crippen LogP contribution in [0.15, 0.2) is 57.8 Å². The highest BCUT2D eigenvalue weighted by molar-refractivity contribution is 8.01. The van der Waals surface area contributed by atoms with E-state index in [0.29, 0.717) is 0 Å². The molecule has 0 saturated heterocycles. The number of rotatable bonds is 3. The van der Waals surface area contributed by atoms with E-state index in [1.807, 2.05) is 42.5 Å². The fourth-order valence-corrected chi connectivity index (χ4v) is 4.04. The number of hydrogen-bond donors (Lipinski definition) is 0. The number of nitrogens with zero attached hydrogens (tertiary/aromatic N) is 1. The van der Waals surface area contributed by atoms with Crippen LogP contribution in [0.4, 0.5) is 0 Å². The Kier molecular flexibility index (Phi) is 3.36. The van der Waals surface area contributed by atoms with E-state index in [0.717, 1.165) is 20.3 Å². The third-order valence-electron chi connectivity index (χ3n) is 2.74. The van der Waals surface area contributed by atoms with Gasteiger partial charge in [0, 0.05) is 10.5 Å². The molecule has 0 atom stereocenters. The molecule has 19 heavy (non-hydrogen) atoms. The zero-order valence-electron chi connectivity index (χ0n) is 10.3. The van der Waals surface area contributed by atoms with Gasteiger partial charge in [-0.2, -0.15) is 0 Å². The first-order valence-electron chi connectivity index (χ1n) is 5.87. The number of benzene rings is 2. The van der Waals surface area contributed by atoms with Gasteiger partial charge in [0.15, 0.2) is 10.1 Å². The molecule has 0 spiro atoms. The quantitative estimate of drug-likeness (QED) is 0.656. The van der Waals surface area contributed by atoms with Crippen LogP contribution >= 0.6 is 23.1 Å². The number of carbonyl (C=O) groups is 1. The fourth-order valence-electron chi connectivity index (χ4n) is 1.84. The van der Waals surface area contributed by atoms with Crippen LogP contribution < -0.4 is 0 Å². The second kappa shape index (κ2) is 5.15. The van der Waals surface area contributed by atoms with Crippen LogP contribution in [-0.4, -0.2) is 10.8 Å². The molecular formula is C15H11NOS2. The Labute approximate surface area is 119 Å². The first-order valence-corrected chi connectivity index (χ1v) is 7.51. The fraction of sp³-hybridized carbons (Fsp3) is 0.0667. The predicted octanol–water partition coefficient (Wildman–Crippen LogP) is 4.65. The molecule has 0 fully saturated rings. The molecule has 0 amide bonds.